The topological polar surface area (TPSA) is 38.0 Å². The van der Waals surface area contributed by atoms with Crippen molar-refractivity contribution >= 4 is 49.3 Å². The Bertz CT molecular complexity index is 5370. The van der Waals surface area contributed by atoms with Gasteiger partial charge in [-0.1, -0.05) is 108 Å². The molecule has 0 N–H and O–H groups in total. The van der Waals surface area contributed by atoms with E-state index in [4.69, 9.17) is 6.57 Å². The molecule has 0 amide bonds. The summed E-state index contributed by atoms with van der Waals surface area (Å²) in [6.45, 7) is 16.4. The Balaban J connectivity index is 1.12. The fourth-order valence-corrected chi connectivity index (χ4v) is 13.0. The predicted molar refractivity (Wildman–Crippen MR) is 342 cm³/mol. The summed E-state index contributed by atoms with van der Waals surface area (Å²) in [4.78, 5) is 3.90. The molecule has 0 aliphatic carbocycles. The van der Waals surface area contributed by atoms with Gasteiger partial charge < -0.3 is 9.13 Å². The van der Waals surface area contributed by atoms with Crippen molar-refractivity contribution in [1.29, 1.82) is 5.26 Å². The first-order chi connectivity index (χ1) is 44.1. The van der Waals surface area contributed by atoms with Crippen LogP contribution in [0.1, 0.15) is 55.6 Å². The number of aryl methyl sites for hydroxylation is 5. The summed E-state index contributed by atoms with van der Waals surface area (Å²) >= 11 is 0. The molecule has 2 heterocycles. The molecule has 0 unspecified atom stereocenters. The van der Waals surface area contributed by atoms with Crippen LogP contribution in [0.2, 0.25) is 0 Å². The van der Waals surface area contributed by atoms with Gasteiger partial charge in [0.15, 0.2) is 5.69 Å². The highest BCUT2D eigenvalue weighted by atomic mass is 19.4. The molecule has 0 saturated carbocycles. The minimum Gasteiger partial charge on any atom is -0.309 e. The van der Waals surface area contributed by atoms with Gasteiger partial charge >= 0.3 is 24.7 Å². The van der Waals surface area contributed by atoms with Crippen molar-refractivity contribution < 1.29 is 52.7 Å². The number of hydrogen-bond acceptors (Lipinski definition) is 1. The molecule has 0 radical (unpaired) electrons. The van der Waals surface area contributed by atoms with Crippen molar-refractivity contribution in [2.24, 2.45) is 0 Å². The maximum atomic E-state index is 15.0. The van der Waals surface area contributed by atoms with Crippen LogP contribution >= 0.6 is 0 Å². The fourth-order valence-electron chi connectivity index (χ4n) is 13.0. The average molecular weight is 1260 g/mol. The number of alkyl halides is 12. The zero-order valence-corrected chi connectivity index (χ0v) is 49.9. The van der Waals surface area contributed by atoms with Gasteiger partial charge in [-0.05, 0) is 211 Å². The first kappa shape index (κ1) is 61.0. The number of rotatable bonds is 8. The van der Waals surface area contributed by atoms with E-state index in [1.54, 1.807) is 137 Å². The summed E-state index contributed by atoms with van der Waals surface area (Å²) in [6, 6.07) is 53.7. The standard InChI is InChI=1S/C77H48F12N4/c1-41-7-18-56(65(29-41)76(84,85)86)49-13-26-70-63(37-49)61-35-47(54-22-16-52(32-44(54)4)74(78,79)80)11-24-69(61)92(70)68-28-15-51(58-20-9-43(3)31-67(58)91-6)39-60(68)59-21-10-46(40-90)34-73(59)93-71-25-12-48(55-23-17-53(33-45(55)5)75(81,82)83)36-62(71)64-38-50(14-27-72(64)93)57-19-8-42(2)30-66(57)77(87,88)89/h7-39H,1-5H3. The van der Waals surface area contributed by atoms with Crippen molar-refractivity contribution in [1.82, 2.24) is 9.13 Å². The third-order valence-electron chi connectivity index (χ3n) is 17.3. The molecule has 2 aromatic heterocycles. The number of aromatic nitrogens is 2. The largest absolute Gasteiger partial charge is 0.417 e. The maximum Gasteiger partial charge on any atom is 0.417 e. The summed E-state index contributed by atoms with van der Waals surface area (Å²) in [6.07, 6.45) is -18.8. The van der Waals surface area contributed by atoms with Crippen LogP contribution in [-0.2, 0) is 24.7 Å². The normalized spacial score (nSPS) is 12.3. The highest BCUT2D eigenvalue weighted by molar-refractivity contribution is 6.14. The lowest BCUT2D eigenvalue weighted by atomic mass is 9.93. The third kappa shape index (κ3) is 10.9. The first-order valence-electron chi connectivity index (χ1n) is 29.1. The van der Waals surface area contributed by atoms with E-state index in [9.17, 15) is 57.9 Å². The van der Waals surface area contributed by atoms with E-state index in [1.165, 1.54) is 24.3 Å². The van der Waals surface area contributed by atoms with Crippen LogP contribution in [0.4, 0.5) is 58.4 Å². The lowest BCUT2D eigenvalue weighted by molar-refractivity contribution is -0.138. The lowest BCUT2D eigenvalue weighted by Crippen LogP contribution is -2.07. The maximum absolute atomic E-state index is 15.0. The van der Waals surface area contributed by atoms with Crippen molar-refractivity contribution in [2.45, 2.75) is 59.3 Å². The molecule has 13 aromatic rings. The Morgan fingerprint density at radius 1 is 0.333 bits per heavy atom. The van der Waals surface area contributed by atoms with Gasteiger partial charge in [-0.2, -0.15) is 57.9 Å². The van der Waals surface area contributed by atoms with Crippen LogP contribution in [0.5, 0.6) is 0 Å². The van der Waals surface area contributed by atoms with E-state index in [-0.39, 0.29) is 27.8 Å². The number of fused-ring (bicyclic) bond motifs is 6. The zero-order valence-electron chi connectivity index (χ0n) is 49.9. The SMILES string of the molecule is [C-]#[N+]c1cc(C)ccc1-c1ccc(-n2c3ccc(-c4ccc(C(F)(F)F)cc4C)cc3c3cc(-c4ccc(C)cc4C(F)(F)F)ccc32)c(-c2ccc(C#N)cc2-n2c3ccc(-c4ccc(C(F)(F)F)cc4C)cc3c3cc(-c4ccc(C)cc4C(F)(F)F)ccc32)c1. The first-order valence-corrected chi connectivity index (χ1v) is 29.1. The second kappa shape index (κ2) is 22.2. The van der Waals surface area contributed by atoms with Gasteiger partial charge in [-0.15, -0.1) is 0 Å². The molecule has 0 bridgehead atoms. The molecule has 460 valence electrons. The molecule has 16 heteroatoms. The van der Waals surface area contributed by atoms with Crippen LogP contribution < -0.4 is 0 Å². The fraction of sp³-hybridized carbons (Fsp3) is 0.117. The van der Waals surface area contributed by atoms with E-state index in [2.05, 4.69) is 10.9 Å². The molecule has 4 nitrogen and oxygen atoms in total. The van der Waals surface area contributed by atoms with E-state index in [0.29, 0.717) is 127 Å². The number of halogens is 12. The van der Waals surface area contributed by atoms with Crippen molar-refractivity contribution in [3.8, 4) is 84.2 Å². The van der Waals surface area contributed by atoms with E-state index < -0.39 is 47.0 Å². The summed E-state index contributed by atoms with van der Waals surface area (Å²) in [5.74, 6) is 0. The number of hydrogen-bond donors (Lipinski definition) is 0. The summed E-state index contributed by atoms with van der Waals surface area (Å²) < 4.78 is 178. The van der Waals surface area contributed by atoms with Crippen LogP contribution in [0.3, 0.4) is 0 Å². The van der Waals surface area contributed by atoms with Gasteiger partial charge in [0.25, 0.3) is 0 Å². The lowest BCUT2D eigenvalue weighted by Gasteiger charge is -2.21. The van der Waals surface area contributed by atoms with E-state index >= 15 is 0 Å². The third-order valence-corrected chi connectivity index (χ3v) is 17.3. The molecular formula is C77H48F12N4. The van der Waals surface area contributed by atoms with Gasteiger partial charge in [0.1, 0.15) is 0 Å². The minimum atomic E-state index is -4.76. The summed E-state index contributed by atoms with van der Waals surface area (Å²) in [5.41, 5.74) is 6.48. The molecule has 11 aromatic carbocycles. The molecule has 0 aliphatic rings. The minimum absolute atomic E-state index is 0.0915. The van der Waals surface area contributed by atoms with Gasteiger partial charge in [0, 0.05) is 32.7 Å². The number of nitriles is 1. The van der Waals surface area contributed by atoms with Crippen LogP contribution in [0, 0.1) is 52.5 Å². The average Bonchev–Trinajstić information content (AvgIpc) is 1.60. The molecule has 93 heavy (non-hydrogen) atoms. The van der Waals surface area contributed by atoms with E-state index in [0.717, 1.165) is 42.0 Å². The van der Waals surface area contributed by atoms with Gasteiger partial charge in [-0.25, -0.2) is 4.85 Å². The molecular weight excluding hydrogens is 1210 g/mol. The highest BCUT2D eigenvalue weighted by Crippen LogP contribution is 2.49. The van der Waals surface area contributed by atoms with Crippen LogP contribution in [0.15, 0.2) is 200 Å². The smallest absolute Gasteiger partial charge is 0.309 e. The molecule has 0 atom stereocenters. The van der Waals surface area contributed by atoms with Gasteiger partial charge in [-0.3, -0.25) is 0 Å². The summed E-state index contributed by atoms with van der Waals surface area (Å²) in [5, 5.41) is 12.7. The van der Waals surface area contributed by atoms with Crippen LogP contribution in [-0.4, -0.2) is 9.13 Å². The number of benzene rings is 11. The second-order valence-electron chi connectivity index (χ2n) is 23.5. The Morgan fingerprint density at radius 3 is 1.10 bits per heavy atom. The Hall–Kier alpha value is -10.8. The Morgan fingerprint density at radius 2 is 0.699 bits per heavy atom. The van der Waals surface area contributed by atoms with Gasteiger partial charge in [0.05, 0.1) is 73.9 Å². The molecule has 0 spiro atoms. The highest BCUT2D eigenvalue weighted by Gasteiger charge is 2.37. The Kier molecular flexibility index (Phi) is 14.6. The van der Waals surface area contributed by atoms with Gasteiger partial charge in [0.2, 0.25) is 0 Å². The van der Waals surface area contributed by atoms with Crippen molar-refractivity contribution in [2.75, 3.05) is 0 Å². The second-order valence-corrected chi connectivity index (χ2v) is 23.5. The monoisotopic (exact) mass is 1260 g/mol. The summed E-state index contributed by atoms with van der Waals surface area (Å²) in [7, 11) is 0. The van der Waals surface area contributed by atoms with Crippen molar-refractivity contribution in [3.63, 3.8) is 0 Å². The molecule has 0 saturated heterocycles. The van der Waals surface area contributed by atoms with E-state index in [1.807, 2.05) is 46.4 Å². The molecule has 13 rings (SSSR count). The predicted octanol–water partition coefficient (Wildman–Crippen LogP) is 23.9. The van der Waals surface area contributed by atoms with Crippen molar-refractivity contribution in [3.05, 3.63) is 267 Å². The Labute approximate surface area is 524 Å². The van der Waals surface area contributed by atoms with Crippen LogP contribution in [0.25, 0.3) is 127 Å². The quantitative estimate of drug-likeness (QED) is 0.110. The zero-order chi connectivity index (χ0) is 66.0. The molecule has 0 aliphatic heterocycles. The molecule has 0 fully saturated rings. The number of nitrogens with zero attached hydrogens (tertiary/aromatic N) is 4.